The Morgan fingerprint density at radius 2 is 2.00 bits per heavy atom. The Morgan fingerprint density at radius 1 is 1.27 bits per heavy atom. The van der Waals surface area contributed by atoms with Crippen LogP contribution in [0.2, 0.25) is 0 Å². The summed E-state index contributed by atoms with van der Waals surface area (Å²) in [5.41, 5.74) is 4.95. The van der Waals surface area contributed by atoms with E-state index in [0.29, 0.717) is 12.4 Å². The average Bonchev–Trinajstić information content (AvgIpc) is 3.28. The Bertz CT molecular complexity index is 670. The number of ether oxygens (including phenoxy) is 2. The van der Waals surface area contributed by atoms with Gasteiger partial charge in [0.25, 0.3) is 0 Å². The van der Waals surface area contributed by atoms with Crippen molar-refractivity contribution in [3.63, 3.8) is 0 Å². The van der Waals surface area contributed by atoms with E-state index in [9.17, 15) is 5.11 Å². The number of nitrogens with zero attached hydrogens (tertiary/aromatic N) is 1. The van der Waals surface area contributed by atoms with Gasteiger partial charge < -0.3 is 14.6 Å². The van der Waals surface area contributed by atoms with E-state index in [4.69, 9.17) is 14.5 Å². The number of rotatable bonds is 2. The molecule has 3 aliphatic rings. The highest BCUT2D eigenvalue weighted by Gasteiger charge is 2.46. The summed E-state index contributed by atoms with van der Waals surface area (Å²) < 4.78 is 11.8. The summed E-state index contributed by atoms with van der Waals surface area (Å²) in [5.74, 6) is 1.34. The molecule has 4 nitrogen and oxygen atoms in total. The summed E-state index contributed by atoms with van der Waals surface area (Å²) in [5, 5.41) is 10.6. The first-order valence-electron chi connectivity index (χ1n) is 8.27. The van der Waals surface area contributed by atoms with Crippen LogP contribution in [-0.2, 0) is 11.2 Å². The molecule has 1 atom stereocenters. The number of hydrogen-bond donors (Lipinski definition) is 1. The van der Waals surface area contributed by atoms with Gasteiger partial charge in [0.2, 0.25) is 0 Å². The molecule has 1 N–H and O–H groups in total. The smallest absolute Gasteiger partial charge is 0.172 e. The van der Waals surface area contributed by atoms with Crippen molar-refractivity contribution >= 4 is 5.71 Å². The maximum Gasteiger partial charge on any atom is 0.172 e. The minimum atomic E-state index is -0.0695. The molecule has 1 aliphatic carbocycles. The van der Waals surface area contributed by atoms with Gasteiger partial charge in [-0.1, -0.05) is 6.92 Å². The SMILES string of the molecule is CCc1c(O)c(C)c(C)c2c1C(=NC1CO1)CC1(CCC1)O2. The van der Waals surface area contributed by atoms with Gasteiger partial charge >= 0.3 is 0 Å². The molecule has 4 heteroatoms. The zero-order valence-corrected chi connectivity index (χ0v) is 13.5. The molecule has 22 heavy (non-hydrogen) atoms. The van der Waals surface area contributed by atoms with Gasteiger partial charge in [-0.3, -0.25) is 4.99 Å². The molecular formula is C18H23NO3. The lowest BCUT2D eigenvalue weighted by Crippen LogP contribution is -2.48. The number of fused-ring (bicyclic) bond motifs is 1. The van der Waals surface area contributed by atoms with Gasteiger partial charge in [0.15, 0.2) is 6.23 Å². The summed E-state index contributed by atoms with van der Waals surface area (Å²) in [6, 6.07) is 0. The number of aromatic hydroxyl groups is 1. The number of benzene rings is 1. The highest BCUT2D eigenvalue weighted by atomic mass is 16.6. The van der Waals surface area contributed by atoms with E-state index in [1.807, 2.05) is 13.8 Å². The van der Waals surface area contributed by atoms with E-state index in [0.717, 1.165) is 59.4 Å². The van der Waals surface area contributed by atoms with Crippen molar-refractivity contribution in [2.75, 3.05) is 6.61 Å². The summed E-state index contributed by atoms with van der Waals surface area (Å²) in [6.45, 7) is 6.79. The summed E-state index contributed by atoms with van der Waals surface area (Å²) in [7, 11) is 0. The van der Waals surface area contributed by atoms with Gasteiger partial charge in [-0.05, 0) is 50.7 Å². The standard InChI is InChI=1S/C18H23NO3/c1-4-12-15-13(19-14-9-21-14)8-18(6-5-7-18)22-17(15)11(3)10(2)16(12)20/h14,20H,4-9H2,1-3H3. The molecule has 4 rings (SSSR count). The fourth-order valence-corrected chi connectivity index (χ4v) is 3.69. The summed E-state index contributed by atoms with van der Waals surface area (Å²) >= 11 is 0. The summed E-state index contributed by atoms with van der Waals surface area (Å²) in [4.78, 5) is 4.79. The van der Waals surface area contributed by atoms with Crippen LogP contribution in [0.4, 0.5) is 0 Å². The number of phenolic OH excluding ortho intramolecular Hbond substituents is 1. The molecular weight excluding hydrogens is 278 g/mol. The van der Waals surface area contributed by atoms with Crippen LogP contribution < -0.4 is 4.74 Å². The maximum atomic E-state index is 10.6. The van der Waals surface area contributed by atoms with E-state index in [2.05, 4.69) is 6.92 Å². The van der Waals surface area contributed by atoms with Crippen molar-refractivity contribution in [2.24, 2.45) is 4.99 Å². The molecule has 0 bridgehead atoms. The molecule has 1 aromatic carbocycles. The van der Waals surface area contributed by atoms with Crippen LogP contribution in [0.25, 0.3) is 0 Å². The van der Waals surface area contributed by atoms with Crippen LogP contribution >= 0.6 is 0 Å². The normalized spacial score (nSPS) is 26.5. The van der Waals surface area contributed by atoms with Crippen LogP contribution in [0.1, 0.15) is 54.9 Å². The highest BCUT2D eigenvalue weighted by Crippen LogP contribution is 2.50. The second kappa shape index (κ2) is 4.72. The largest absolute Gasteiger partial charge is 0.507 e. The minimum absolute atomic E-state index is 0.00605. The van der Waals surface area contributed by atoms with Gasteiger partial charge in [-0.2, -0.15) is 0 Å². The molecule has 1 spiro atoms. The number of epoxide rings is 1. The lowest BCUT2D eigenvalue weighted by atomic mass is 9.72. The molecule has 2 heterocycles. The predicted molar refractivity (Wildman–Crippen MR) is 85.1 cm³/mol. The van der Waals surface area contributed by atoms with Crippen LogP contribution in [0.15, 0.2) is 4.99 Å². The second-order valence-corrected chi connectivity index (χ2v) is 6.81. The van der Waals surface area contributed by atoms with Crippen molar-refractivity contribution < 1.29 is 14.6 Å². The van der Waals surface area contributed by atoms with Gasteiger partial charge in [-0.15, -0.1) is 0 Å². The van der Waals surface area contributed by atoms with E-state index in [-0.39, 0.29) is 11.8 Å². The van der Waals surface area contributed by atoms with Crippen molar-refractivity contribution in [3.8, 4) is 11.5 Å². The van der Waals surface area contributed by atoms with E-state index < -0.39 is 0 Å². The molecule has 1 saturated heterocycles. The van der Waals surface area contributed by atoms with Crippen molar-refractivity contribution in [1.82, 2.24) is 0 Å². The highest BCUT2D eigenvalue weighted by molar-refractivity contribution is 6.07. The monoisotopic (exact) mass is 301 g/mol. The minimum Gasteiger partial charge on any atom is -0.507 e. The molecule has 2 aliphatic heterocycles. The number of hydrogen-bond acceptors (Lipinski definition) is 4. The molecule has 2 fully saturated rings. The van der Waals surface area contributed by atoms with Crippen molar-refractivity contribution in [3.05, 3.63) is 22.3 Å². The Labute approximate surface area is 131 Å². The van der Waals surface area contributed by atoms with Crippen LogP contribution in [-0.4, -0.2) is 29.3 Å². The van der Waals surface area contributed by atoms with Gasteiger partial charge in [-0.25, -0.2) is 0 Å². The third-order valence-corrected chi connectivity index (χ3v) is 5.40. The molecule has 1 aromatic rings. The fourth-order valence-electron chi connectivity index (χ4n) is 3.69. The number of phenols is 1. The van der Waals surface area contributed by atoms with Crippen LogP contribution in [0, 0.1) is 13.8 Å². The third-order valence-electron chi connectivity index (χ3n) is 5.40. The second-order valence-electron chi connectivity index (χ2n) is 6.81. The fraction of sp³-hybridized carbons (Fsp3) is 0.611. The van der Waals surface area contributed by atoms with Gasteiger partial charge in [0, 0.05) is 17.5 Å². The first-order valence-corrected chi connectivity index (χ1v) is 8.27. The summed E-state index contributed by atoms with van der Waals surface area (Å²) in [6.07, 6.45) is 5.03. The zero-order valence-electron chi connectivity index (χ0n) is 13.5. The van der Waals surface area contributed by atoms with Gasteiger partial charge in [0.05, 0.1) is 12.3 Å². The Morgan fingerprint density at radius 3 is 2.55 bits per heavy atom. The first-order chi connectivity index (χ1) is 10.5. The molecule has 0 amide bonds. The van der Waals surface area contributed by atoms with E-state index >= 15 is 0 Å². The van der Waals surface area contributed by atoms with E-state index in [1.165, 1.54) is 6.42 Å². The molecule has 1 saturated carbocycles. The molecule has 0 radical (unpaired) electrons. The van der Waals surface area contributed by atoms with Crippen LogP contribution in [0.5, 0.6) is 11.5 Å². The predicted octanol–water partition coefficient (Wildman–Crippen LogP) is 3.42. The topological polar surface area (TPSA) is 54.4 Å². The van der Waals surface area contributed by atoms with Gasteiger partial charge in [0.1, 0.15) is 17.1 Å². The zero-order chi connectivity index (χ0) is 15.5. The Kier molecular flexibility index (Phi) is 3.02. The van der Waals surface area contributed by atoms with Crippen molar-refractivity contribution in [1.29, 1.82) is 0 Å². The van der Waals surface area contributed by atoms with E-state index in [1.54, 1.807) is 0 Å². The van der Waals surface area contributed by atoms with Crippen LogP contribution in [0.3, 0.4) is 0 Å². The Hall–Kier alpha value is -1.55. The average molecular weight is 301 g/mol. The quantitative estimate of drug-likeness (QED) is 0.852. The first kappa shape index (κ1) is 14.1. The molecule has 0 aromatic heterocycles. The molecule has 118 valence electrons. The Balaban J connectivity index is 1.94. The third kappa shape index (κ3) is 1.97. The maximum absolute atomic E-state index is 10.6. The molecule has 1 unspecified atom stereocenters. The van der Waals surface area contributed by atoms with Crippen molar-refractivity contribution in [2.45, 2.75) is 64.7 Å². The lowest BCUT2D eigenvalue weighted by Gasteiger charge is -2.46. The lowest BCUT2D eigenvalue weighted by molar-refractivity contribution is -0.00565. The number of aliphatic imine (C=N–C) groups is 1.